The van der Waals surface area contributed by atoms with Gasteiger partial charge in [0, 0.05) is 18.3 Å². The van der Waals surface area contributed by atoms with Crippen molar-refractivity contribution in [2.75, 3.05) is 13.7 Å². The number of pyridine rings is 1. The maximum absolute atomic E-state index is 10.8. The summed E-state index contributed by atoms with van der Waals surface area (Å²) in [5.41, 5.74) is -0.0850. The molecular weight excluding hydrogens is 222 g/mol. The third-order valence-corrected chi connectivity index (χ3v) is 2.91. The van der Waals surface area contributed by atoms with Crippen LogP contribution in [0.15, 0.2) is 18.3 Å². The summed E-state index contributed by atoms with van der Waals surface area (Å²) in [7, 11) is 1.87. The molecule has 1 aromatic rings. The van der Waals surface area contributed by atoms with Crippen LogP contribution in [0.25, 0.3) is 0 Å². The molecule has 1 heterocycles. The predicted molar refractivity (Wildman–Crippen MR) is 62.0 cm³/mol. The Labute approximate surface area is 99.2 Å². The second-order valence-corrected chi connectivity index (χ2v) is 4.13. The van der Waals surface area contributed by atoms with Gasteiger partial charge >= 0.3 is 5.69 Å². The van der Waals surface area contributed by atoms with Gasteiger partial charge in [0.25, 0.3) is 5.88 Å². The van der Waals surface area contributed by atoms with Crippen LogP contribution < -0.4 is 10.1 Å². The Hall–Kier alpha value is -1.69. The summed E-state index contributed by atoms with van der Waals surface area (Å²) in [6, 6.07) is 3.17. The highest BCUT2D eigenvalue weighted by Crippen LogP contribution is 2.33. The summed E-state index contributed by atoms with van der Waals surface area (Å²) in [6.45, 7) is 0.416. The maximum Gasteiger partial charge on any atom is 0.330 e. The van der Waals surface area contributed by atoms with Gasteiger partial charge in [0.2, 0.25) is 0 Å². The summed E-state index contributed by atoms with van der Waals surface area (Å²) in [4.78, 5) is 14.2. The fourth-order valence-corrected chi connectivity index (χ4v) is 1.75. The Morgan fingerprint density at radius 3 is 3.06 bits per heavy atom. The molecule has 1 aliphatic rings. The highest BCUT2D eigenvalue weighted by atomic mass is 16.6. The van der Waals surface area contributed by atoms with Gasteiger partial charge in [0.1, 0.15) is 6.61 Å². The Kier molecular flexibility index (Phi) is 3.53. The van der Waals surface area contributed by atoms with Crippen LogP contribution in [0.5, 0.6) is 5.88 Å². The molecule has 1 unspecified atom stereocenters. The normalized spacial score (nSPS) is 16.5. The molecule has 0 aliphatic heterocycles. The Bertz CT molecular complexity index is 407. The minimum atomic E-state index is -0.478. The predicted octanol–water partition coefficient (Wildman–Crippen LogP) is 1.37. The molecule has 0 saturated heterocycles. The zero-order valence-electron chi connectivity index (χ0n) is 9.63. The van der Waals surface area contributed by atoms with E-state index >= 15 is 0 Å². The summed E-state index contributed by atoms with van der Waals surface area (Å²) in [6.07, 6.45) is 3.88. The summed E-state index contributed by atoms with van der Waals surface area (Å²) in [5, 5.41) is 13.9. The van der Waals surface area contributed by atoms with E-state index in [4.69, 9.17) is 4.74 Å². The second kappa shape index (κ2) is 5.09. The van der Waals surface area contributed by atoms with Crippen molar-refractivity contribution in [2.45, 2.75) is 18.9 Å². The van der Waals surface area contributed by atoms with Gasteiger partial charge in [0.15, 0.2) is 0 Å². The molecule has 0 amide bonds. The molecular formula is C11H15N3O3. The first kappa shape index (κ1) is 11.8. The van der Waals surface area contributed by atoms with E-state index in [1.54, 1.807) is 0 Å². The van der Waals surface area contributed by atoms with E-state index in [9.17, 15) is 10.1 Å². The minimum Gasteiger partial charge on any atom is -0.471 e. The first-order chi connectivity index (χ1) is 8.22. The maximum atomic E-state index is 10.8. The molecule has 1 fully saturated rings. The van der Waals surface area contributed by atoms with Gasteiger partial charge in [0.05, 0.1) is 4.92 Å². The molecule has 0 spiro atoms. The van der Waals surface area contributed by atoms with Crippen LogP contribution in [0.4, 0.5) is 5.69 Å². The Balaban J connectivity index is 2.00. The lowest BCUT2D eigenvalue weighted by Gasteiger charge is -2.15. The fraction of sp³-hybridized carbons (Fsp3) is 0.545. The number of ether oxygens (including phenoxy) is 1. The van der Waals surface area contributed by atoms with Gasteiger partial charge < -0.3 is 10.1 Å². The second-order valence-electron chi connectivity index (χ2n) is 4.13. The largest absolute Gasteiger partial charge is 0.471 e. The molecule has 0 bridgehead atoms. The zero-order chi connectivity index (χ0) is 12.3. The lowest BCUT2D eigenvalue weighted by Crippen LogP contribution is -2.33. The number of nitro groups is 1. The number of likely N-dealkylation sites (N-methyl/N-ethyl adjacent to an activating group) is 1. The van der Waals surface area contributed by atoms with Crippen LogP contribution >= 0.6 is 0 Å². The SMILES string of the molecule is CNC(COc1ncccc1[N+](=O)[O-])C1CC1. The van der Waals surface area contributed by atoms with Crippen molar-refractivity contribution in [2.24, 2.45) is 5.92 Å². The number of nitrogens with one attached hydrogen (secondary N) is 1. The molecule has 1 atom stereocenters. The smallest absolute Gasteiger partial charge is 0.330 e. The van der Waals surface area contributed by atoms with Crippen LogP contribution in [-0.4, -0.2) is 29.6 Å². The van der Waals surface area contributed by atoms with E-state index in [0.717, 1.165) is 0 Å². The average Bonchev–Trinajstić information content (AvgIpc) is 3.14. The molecule has 0 radical (unpaired) electrons. The standard InChI is InChI=1S/C11H15N3O3/c1-12-9(8-4-5-8)7-17-11-10(14(15)16)3-2-6-13-11/h2-3,6,8-9,12H,4-5,7H2,1H3. The summed E-state index contributed by atoms with van der Waals surface area (Å²) >= 11 is 0. The number of aromatic nitrogens is 1. The fourth-order valence-electron chi connectivity index (χ4n) is 1.75. The molecule has 1 N–H and O–H groups in total. The molecule has 1 saturated carbocycles. The van der Waals surface area contributed by atoms with Crippen LogP contribution in [0, 0.1) is 16.0 Å². The van der Waals surface area contributed by atoms with Crippen molar-refractivity contribution in [3.63, 3.8) is 0 Å². The molecule has 2 rings (SSSR count). The molecule has 1 aliphatic carbocycles. The highest BCUT2D eigenvalue weighted by Gasteiger charge is 2.31. The van der Waals surface area contributed by atoms with E-state index in [1.807, 2.05) is 7.05 Å². The van der Waals surface area contributed by atoms with Crippen molar-refractivity contribution >= 4 is 5.69 Å². The van der Waals surface area contributed by atoms with Crippen LogP contribution in [0.1, 0.15) is 12.8 Å². The lowest BCUT2D eigenvalue weighted by atomic mass is 10.2. The van der Waals surface area contributed by atoms with Crippen molar-refractivity contribution in [1.82, 2.24) is 10.3 Å². The van der Waals surface area contributed by atoms with Gasteiger partial charge in [-0.25, -0.2) is 4.98 Å². The van der Waals surface area contributed by atoms with Crippen LogP contribution in [-0.2, 0) is 0 Å². The topological polar surface area (TPSA) is 77.3 Å². The van der Waals surface area contributed by atoms with E-state index < -0.39 is 4.92 Å². The van der Waals surface area contributed by atoms with E-state index in [2.05, 4.69) is 10.3 Å². The third-order valence-electron chi connectivity index (χ3n) is 2.91. The first-order valence-electron chi connectivity index (χ1n) is 5.62. The van der Waals surface area contributed by atoms with Crippen molar-refractivity contribution in [1.29, 1.82) is 0 Å². The first-order valence-corrected chi connectivity index (χ1v) is 5.62. The third kappa shape index (κ3) is 2.91. The van der Waals surface area contributed by atoms with Gasteiger partial charge in [-0.15, -0.1) is 0 Å². The monoisotopic (exact) mass is 237 g/mol. The van der Waals surface area contributed by atoms with Crippen molar-refractivity contribution in [3.8, 4) is 5.88 Å². The Morgan fingerprint density at radius 1 is 1.71 bits per heavy atom. The zero-order valence-corrected chi connectivity index (χ0v) is 9.63. The number of nitrogens with zero attached hydrogens (tertiary/aromatic N) is 2. The summed E-state index contributed by atoms with van der Waals surface area (Å²) in [5.74, 6) is 0.723. The molecule has 17 heavy (non-hydrogen) atoms. The quantitative estimate of drug-likeness (QED) is 0.597. The molecule has 92 valence electrons. The molecule has 6 heteroatoms. The summed E-state index contributed by atoms with van der Waals surface area (Å²) < 4.78 is 5.44. The Morgan fingerprint density at radius 2 is 2.47 bits per heavy atom. The van der Waals surface area contributed by atoms with E-state index in [0.29, 0.717) is 12.5 Å². The molecule has 1 aromatic heterocycles. The lowest BCUT2D eigenvalue weighted by molar-refractivity contribution is -0.386. The minimum absolute atomic E-state index is 0.0850. The van der Waals surface area contributed by atoms with Crippen LogP contribution in [0.2, 0.25) is 0 Å². The number of hydrogen-bond acceptors (Lipinski definition) is 5. The highest BCUT2D eigenvalue weighted by molar-refractivity contribution is 5.39. The van der Waals surface area contributed by atoms with E-state index in [-0.39, 0.29) is 17.6 Å². The van der Waals surface area contributed by atoms with Gasteiger partial charge in [-0.1, -0.05) is 0 Å². The van der Waals surface area contributed by atoms with Gasteiger partial charge in [-0.3, -0.25) is 10.1 Å². The molecule has 6 nitrogen and oxygen atoms in total. The van der Waals surface area contributed by atoms with Gasteiger partial charge in [-0.2, -0.15) is 0 Å². The van der Waals surface area contributed by atoms with Crippen molar-refractivity contribution in [3.05, 3.63) is 28.4 Å². The number of hydrogen-bond donors (Lipinski definition) is 1. The average molecular weight is 237 g/mol. The van der Waals surface area contributed by atoms with Crippen molar-refractivity contribution < 1.29 is 9.66 Å². The van der Waals surface area contributed by atoms with Gasteiger partial charge in [-0.05, 0) is 31.9 Å². The van der Waals surface area contributed by atoms with Crippen LogP contribution in [0.3, 0.4) is 0 Å². The number of rotatable bonds is 6. The molecule has 0 aromatic carbocycles. The van der Waals surface area contributed by atoms with E-state index in [1.165, 1.54) is 31.2 Å².